The number of hydrogen-bond donors (Lipinski definition) is 2. The summed E-state index contributed by atoms with van der Waals surface area (Å²) in [4.78, 5) is 11.8. The van der Waals surface area contributed by atoms with Crippen molar-refractivity contribution >= 4 is 17.7 Å². The molecule has 0 saturated heterocycles. The quantitative estimate of drug-likeness (QED) is 0.647. The van der Waals surface area contributed by atoms with E-state index >= 15 is 0 Å². The van der Waals surface area contributed by atoms with Crippen LogP contribution < -0.4 is 11.1 Å². The molecule has 0 spiro atoms. The van der Waals surface area contributed by atoms with Gasteiger partial charge in [0.05, 0.1) is 0 Å². The van der Waals surface area contributed by atoms with Gasteiger partial charge in [0.1, 0.15) is 0 Å². The molecule has 0 radical (unpaired) electrons. The minimum absolute atomic E-state index is 0.0125. The molecule has 3 nitrogen and oxygen atoms in total. The molecular weight excluding hydrogens is 236 g/mol. The van der Waals surface area contributed by atoms with E-state index in [9.17, 15) is 4.79 Å². The van der Waals surface area contributed by atoms with Gasteiger partial charge in [0.2, 0.25) is 5.91 Å². The predicted octanol–water partition coefficient (Wildman–Crippen LogP) is 2.98. The predicted molar refractivity (Wildman–Crippen MR) is 79.5 cm³/mol. The van der Waals surface area contributed by atoms with Gasteiger partial charge in [-0.15, -0.1) is 0 Å². The summed E-state index contributed by atoms with van der Waals surface area (Å²) >= 11 is 0. The number of nitrogens with one attached hydrogen (secondary N) is 1. The van der Waals surface area contributed by atoms with E-state index in [2.05, 4.69) is 12.2 Å². The van der Waals surface area contributed by atoms with E-state index in [-0.39, 0.29) is 5.91 Å². The summed E-state index contributed by atoms with van der Waals surface area (Å²) in [5.74, 6) is 0.707. The molecule has 1 aromatic rings. The zero-order valence-electron chi connectivity index (χ0n) is 11.4. The second-order valence-electron chi connectivity index (χ2n) is 5.48. The van der Waals surface area contributed by atoms with Crippen molar-refractivity contribution in [2.75, 3.05) is 5.73 Å². The lowest BCUT2D eigenvalue weighted by Gasteiger charge is -2.26. The number of hydrogen-bond acceptors (Lipinski definition) is 2. The Morgan fingerprint density at radius 3 is 3.00 bits per heavy atom. The Hall–Kier alpha value is -1.77. The van der Waals surface area contributed by atoms with Crippen molar-refractivity contribution < 1.29 is 4.79 Å². The van der Waals surface area contributed by atoms with Crippen molar-refractivity contribution in [2.24, 2.45) is 5.92 Å². The van der Waals surface area contributed by atoms with E-state index < -0.39 is 0 Å². The van der Waals surface area contributed by atoms with Crippen LogP contribution in [0.3, 0.4) is 0 Å². The van der Waals surface area contributed by atoms with E-state index in [1.807, 2.05) is 24.3 Å². The van der Waals surface area contributed by atoms with Gasteiger partial charge in [-0.2, -0.15) is 0 Å². The van der Waals surface area contributed by atoms with Crippen LogP contribution in [0.4, 0.5) is 5.69 Å². The van der Waals surface area contributed by atoms with E-state index in [4.69, 9.17) is 5.73 Å². The first-order chi connectivity index (χ1) is 9.13. The number of carbonyl (C=O) groups excluding carboxylic acids is 1. The Labute approximate surface area is 114 Å². The molecule has 1 fully saturated rings. The highest BCUT2D eigenvalue weighted by atomic mass is 16.1. The maximum absolute atomic E-state index is 11.8. The number of carbonyl (C=O) groups is 1. The van der Waals surface area contributed by atoms with Gasteiger partial charge in [-0.05, 0) is 42.5 Å². The largest absolute Gasteiger partial charge is 0.399 e. The first kappa shape index (κ1) is 13.7. The number of nitrogens with two attached hydrogens (primary N) is 1. The van der Waals surface area contributed by atoms with Gasteiger partial charge in [-0.25, -0.2) is 0 Å². The lowest BCUT2D eigenvalue weighted by molar-refractivity contribution is -0.117. The molecule has 1 aliphatic carbocycles. The maximum Gasteiger partial charge on any atom is 0.244 e. The van der Waals surface area contributed by atoms with Crippen LogP contribution in [-0.2, 0) is 4.79 Å². The summed E-state index contributed by atoms with van der Waals surface area (Å²) in [6, 6.07) is 7.84. The number of rotatable bonds is 3. The fraction of sp³-hybridized carbons (Fsp3) is 0.438. The summed E-state index contributed by atoms with van der Waals surface area (Å²) in [5, 5.41) is 3.08. The van der Waals surface area contributed by atoms with E-state index in [1.165, 1.54) is 12.8 Å². The molecule has 102 valence electrons. The first-order valence-electron chi connectivity index (χ1n) is 6.97. The molecule has 2 unspecified atom stereocenters. The fourth-order valence-corrected chi connectivity index (χ4v) is 2.65. The lowest BCUT2D eigenvalue weighted by Crippen LogP contribution is -2.36. The molecule has 0 heterocycles. The molecular formula is C16H22N2O. The summed E-state index contributed by atoms with van der Waals surface area (Å²) < 4.78 is 0. The average Bonchev–Trinajstić information content (AvgIpc) is 2.36. The molecule has 1 amide bonds. The highest BCUT2D eigenvalue weighted by Gasteiger charge is 2.19. The normalized spacial score (nSPS) is 23.4. The Bertz CT molecular complexity index is 468. The minimum Gasteiger partial charge on any atom is -0.399 e. The number of anilines is 1. The van der Waals surface area contributed by atoms with Crippen LogP contribution in [0.25, 0.3) is 6.08 Å². The van der Waals surface area contributed by atoms with Crippen molar-refractivity contribution in [3.63, 3.8) is 0 Å². The first-order valence-corrected chi connectivity index (χ1v) is 6.97. The Morgan fingerprint density at radius 2 is 2.26 bits per heavy atom. The lowest BCUT2D eigenvalue weighted by atomic mass is 9.87. The Morgan fingerprint density at radius 1 is 1.42 bits per heavy atom. The molecule has 1 saturated carbocycles. The molecule has 3 N–H and O–H groups in total. The summed E-state index contributed by atoms with van der Waals surface area (Å²) in [7, 11) is 0. The van der Waals surface area contributed by atoms with E-state index in [0.29, 0.717) is 11.7 Å². The topological polar surface area (TPSA) is 55.1 Å². The van der Waals surface area contributed by atoms with Gasteiger partial charge in [0.25, 0.3) is 0 Å². The van der Waals surface area contributed by atoms with Crippen LogP contribution in [0.1, 0.15) is 38.2 Å². The SMILES string of the molecule is CC1CCCC(NC(=O)/C=C/c2cccc(N)c2)C1. The summed E-state index contributed by atoms with van der Waals surface area (Å²) in [5.41, 5.74) is 7.36. The Balaban J connectivity index is 1.87. The van der Waals surface area contributed by atoms with Crippen molar-refractivity contribution in [1.29, 1.82) is 0 Å². The molecule has 2 rings (SSSR count). The maximum atomic E-state index is 11.8. The van der Waals surface area contributed by atoms with Gasteiger partial charge in [-0.3, -0.25) is 4.79 Å². The molecule has 19 heavy (non-hydrogen) atoms. The fourth-order valence-electron chi connectivity index (χ4n) is 2.65. The van der Waals surface area contributed by atoms with Crippen LogP contribution in [0.2, 0.25) is 0 Å². The second-order valence-corrected chi connectivity index (χ2v) is 5.48. The summed E-state index contributed by atoms with van der Waals surface area (Å²) in [6.45, 7) is 2.25. The zero-order chi connectivity index (χ0) is 13.7. The minimum atomic E-state index is -0.0125. The monoisotopic (exact) mass is 258 g/mol. The van der Waals surface area contributed by atoms with Gasteiger partial charge in [-0.1, -0.05) is 31.9 Å². The third-order valence-corrected chi connectivity index (χ3v) is 3.62. The van der Waals surface area contributed by atoms with Crippen molar-refractivity contribution in [3.05, 3.63) is 35.9 Å². The van der Waals surface area contributed by atoms with Gasteiger partial charge >= 0.3 is 0 Å². The van der Waals surface area contributed by atoms with E-state index in [0.717, 1.165) is 24.3 Å². The average molecular weight is 258 g/mol. The van der Waals surface area contributed by atoms with Crippen LogP contribution in [0, 0.1) is 5.92 Å². The second kappa shape index (κ2) is 6.41. The van der Waals surface area contributed by atoms with Crippen LogP contribution >= 0.6 is 0 Å². The summed E-state index contributed by atoms with van der Waals surface area (Å²) in [6.07, 6.45) is 8.09. The molecule has 0 aliphatic heterocycles. The van der Waals surface area contributed by atoms with E-state index in [1.54, 1.807) is 12.2 Å². The van der Waals surface area contributed by atoms with Crippen molar-refractivity contribution in [3.8, 4) is 0 Å². The number of nitrogen functional groups attached to an aromatic ring is 1. The number of amides is 1. The third kappa shape index (κ3) is 4.43. The van der Waals surface area contributed by atoms with Crippen molar-refractivity contribution in [1.82, 2.24) is 5.32 Å². The highest BCUT2D eigenvalue weighted by Crippen LogP contribution is 2.23. The molecule has 0 bridgehead atoms. The molecule has 1 aliphatic rings. The molecule has 0 aromatic heterocycles. The zero-order valence-corrected chi connectivity index (χ0v) is 11.4. The third-order valence-electron chi connectivity index (χ3n) is 3.62. The van der Waals surface area contributed by atoms with Gasteiger partial charge < -0.3 is 11.1 Å². The van der Waals surface area contributed by atoms with Crippen LogP contribution in [-0.4, -0.2) is 11.9 Å². The smallest absolute Gasteiger partial charge is 0.244 e. The highest BCUT2D eigenvalue weighted by molar-refractivity contribution is 5.92. The molecule has 3 heteroatoms. The van der Waals surface area contributed by atoms with Gasteiger partial charge in [0, 0.05) is 17.8 Å². The molecule has 2 atom stereocenters. The molecule has 1 aromatic carbocycles. The van der Waals surface area contributed by atoms with Crippen LogP contribution in [0.5, 0.6) is 0 Å². The van der Waals surface area contributed by atoms with Gasteiger partial charge in [0.15, 0.2) is 0 Å². The number of benzene rings is 1. The Kier molecular flexibility index (Phi) is 4.61. The van der Waals surface area contributed by atoms with Crippen LogP contribution in [0.15, 0.2) is 30.3 Å². The van der Waals surface area contributed by atoms with Crippen molar-refractivity contribution in [2.45, 2.75) is 38.6 Å². The standard InChI is InChI=1S/C16H22N2O/c1-12-4-2-7-15(10-12)18-16(19)9-8-13-5-3-6-14(17)11-13/h3,5-6,8-9,11-12,15H,2,4,7,10,17H2,1H3,(H,18,19)/b9-8+.